The van der Waals surface area contributed by atoms with E-state index in [1.807, 2.05) is 0 Å². The van der Waals surface area contributed by atoms with Crippen LogP contribution in [0.15, 0.2) is 18.3 Å². The minimum absolute atomic E-state index is 0.126. The number of rotatable bonds is 3. The van der Waals surface area contributed by atoms with Crippen molar-refractivity contribution in [1.82, 2.24) is 9.38 Å². The van der Waals surface area contributed by atoms with Crippen LogP contribution in [0.4, 0.5) is 8.78 Å². The molecule has 0 radical (unpaired) electrons. The second kappa shape index (κ2) is 4.72. The average molecular weight is 254 g/mol. The van der Waals surface area contributed by atoms with Gasteiger partial charge in [-0.15, -0.1) is 0 Å². The maximum atomic E-state index is 12.9. The van der Waals surface area contributed by atoms with Crippen LogP contribution >= 0.6 is 0 Å². The van der Waals surface area contributed by atoms with Gasteiger partial charge in [0.1, 0.15) is 11.3 Å². The molecule has 0 aliphatic rings. The fourth-order valence-electron chi connectivity index (χ4n) is 1.78. The molecule has 0 atom stereocenters. The zero-order valence-corrected chi connectivity index (χ0v) is 9.98. The highest BCUT2D eigenvalue weighted by Gasteiger charge is 2.26. The molecule has 2 heterocycles. The third kappa shape index (κ3) is 1.94. The number of imidazole rings is 1. The number of hydrogen-bond acceptors (Lipinski definition) is 3. The zero-order chi connectivity index (χ0) is 13.3. The van der Waals surface area contributed by atoms with Gasteiger partial charge in [-0.05, 0) is 25.5 Å². The number of aryl methyl sites for hydroxylation is 1. The van der Waals surface area contributed by atoms with Gasteiger partial charge in [0.2, 0.25) is 0 Å². The van der Waals surface area contributed by atoms with Gasteiger partial charge in [-0.25, -0.2) is 18.6 Å². The predicted octanol–water partition coefficient (Wildman–Crippen LogP) is 2.76. The molecule has 4 nitrogen and oxygen atoms in total. The highest BCUT2D eigenvalue weighted by Crippen LogP contribution is 2.25. The summed E-state index contributed by atoms with van der Waals surface area (Å²) in [6.07, 6.45) is -1.29. The minimum atomic E-state index is -2.82. The lowest BCUT2D eigenvalue weighted by Crippen LogP contribution is -2.11. The van der Waals surface area contributed by atoms with Crippen LogP contribution < -0.4 is 0 Å². The van der Waals surface area contributed by atoms with Crippen molar-refractivity contribution in [3.8, 4) is 0 Å². The van der Waals surface area contributed by atoms with Gasteiger partial charge in [-0.3, -0.25) is 4.40 Å². The van der Waals surface area contributed by atoms with Gasteiger partial charge in [0.25, 0.3) is 6.43 Å². The summed E-state index contributed by atoms with van der Waals surface area (Å²) < 4.78 is 32.0. The van der Waals surface area contributed by atoms with E-state index in [4.69, 9.17) is 4.74 Å². The number of esters is 1. The molecular weight excluding hydrogens is 242 g/mol. The lowest BCUT2D eigenvalue weighted by Gasteiger charge is -2.04. The number of hydrogen-bond donors (Lipinski definition) is 0. The van der Waals surface area contributed by atoms with E-state index in [0.717, 1.165) is 5.56 Å². The molecule has 96 valence electrons. The number of fused-ring (bicyclic) bond motifs is 1. The monoisotopic (exact) mass is 254 g/mol. The number of alkyl halides is 2. The van der Waals surface area contributed by atoms with Crippen LogP contribution in [0.5, 0.6) is 0 Å². The molecule has 2 aromatic rings. The number of aromatic nitrogens is 2. The number of halogens is 2. The first kappa shape index (κ1) is 12.5. The Morgan fingerprint density at radius 1 is 1.56 bits per heavy atom. The van der Waals surface area contributed by atoms with Crippen LogP contribution in [0, 0.1) is 6.92 Å². The topological polar surface area (TPSA) is 43.6 Å². The number of nitrogens with zero attached hydrogens (tertiary/aromatic N) is 2. The number of ether oxygens (including phenoxy) is 1. The normalized spacial score (nSPS) is 11.2. The Morgan fingerprint density at radius 2 is 2.28 bits per heavy atom. The summed E-state index contributed by atoms with van der Waals surface area (Å²) in [6.45, 7) is 3.49. The molecule has 6 heteroatoms. The summed E-state index contributed by atoms with van der Waals surface area (Å²) in [5.74, 6) is -0.786. The van der Waals surface area contributed by atoms with E-state index in [1.54, 1.807) is 26.0 Å². The van der Waals surface area contributed by atoms with E-state index in [1.165, 1.54) is 10.6 Å². The molecule has 0 aliphatic carbocycles. The first-order valence-electron chi connectivity index (χ1n) is 5.49. The van der Waals surface area contributed by atoms with Gasteiger partial charge < -0.3 is 4.74 Å². The summed E-state index contributed by atoms with van der Waals surface area (Å²) >= 11 is 0. The van der Waals surface area contributed by atoms with Crippen molar-refractivity contribution in [2.75, 3.05) is 6.61 Å². The molecule has 0 amide bonds. The van der Waals surface area contributed by atoms with Gasteiger partial charge in [-0.2, -0.15) is 0 Å². The van der Waals surface area contributed by atoms with E-state index in [9.17, 15) is 13.6 Å². The van der Waals surface area contributed by atoms with Gasteiger partial charge in [0.05, 0.1) is 6.61 Å². The molecule has 2 rings (SSSR count). The lowest BCUT2D eigenvalue weighted by molar-refractivity contribution is 0.0506. The number of carbonyl (C=O) groups is 1. The molecule has 0 unspecified atom stereocenters. The summed E-state index contributed by atoms with van der Waals surface area (Å²) in [6, 6.07) is 3.41. The molecular formula is C12H12F2N2O2. The third-order valence-electron chi connectivity index (χ3n) is 2.55. The van der Waals surface area contributed by atoms with Crippen molar-refractivity contribution in [1.29, 1.82) is 0 Å². The molecule has 0 saturated carbocycles. The molecule has 0 aromatic carbocycles. The predicted molar refractivity (Wildman–Crippen MR) is 60.8 cm³/mol. The van der Waals surface area contributed by atoms with Crippen LogP contribution in [-0.4, -0.2) is 22.0 Å². The van der Waals surface area contributed by atoms with Crippen molar-refractivity contribution in [3.05, 3.63) is 35.3 Å². The van der Waals surface area contributed by atoms with Gasteiger partial charge in [-0.1, -0.05) is 6.07 Å². The van der Waals surface area contributed by atoms with Crippen molar-refractivity contribution in [2.24, 2.45) is 0 Å². The highest BCUT2D eigenvalue weighted by molar-refractivity contribution is 5.90. The first-order chi connectivity index (χ1) is 8.56. The van der Waals surface area contributed by atoms with Crippen molar-refractivity contribution in [2.45, 2.75) is 20.3 Å². The molecule has 0 spiro atoms. The van der Waals surface area contributed by atoms with Crippen LogP contribution in [0.3, 0.4) is 0 Å². The maximum Gasteiger partial charge on any atom is 0.357 e. The summed E-state index contributed by atoms with van der Waals surface area (Å²) in [5, 5.41) is 0. The molecule has 0 aliphatic heterocycles. The van der Waals surface area contributed by atoms with E-state index < -0.39 is 18.1 Å². The molecule has 0 saturated heterocycles. The van der Waals surface area contributed by atoms with Gasteiger partial charge in [0, 0.05) is 6.20 Å². The van der Waals surface area contributed by atoms with Gasteiger partial charge >= 0.3 is 5.97 Å². The second-order valence-electron chi connectivity index (χ2n) is 3.75. The van der Waals surface area contributed by atoms with Crippen molar-refractivity contribution < 1.29 is 18.3 Å². The Kier molecular flexibility index (Phi) is 3.27. The Morgan fingerprint density at radius 3 is 2.89 bits per heavy atom. The standard InChI is InChI=1S/C12H12F2N2O2/c1-3-18-12(17)9-8(10(13)14)15-11-7(2)5-4-6-16(9)11/h4-6,10H,3H2,1-2H3. The quantitative estimate of drug-likeness (QED) is 0.791. The fourth-order valence-corrected chi connectivity index (χ4v) is 1.78. The third-order valence-corrected chi connectivity index (χ3v) is 2.55. The van der Waals surface area contributed by atoms with Crippen LogP contribution in [0.1, 0.15) is 35.1 Å². The van der Waals surface area contributed by atoms with Gasteiger partial charge in [0.15, 0.2) is 5.69 Å². The average Bonchev–Trinajstić information content (AvgIpc) is 2.70. The van der Waals surface area contributed by atoms with Crippen LogP contribution in [-0.2, 0) is 4.74 Å². The molecule has 0 bridgehead atoms. The Balaban J connectivity index is 2.71. The zero-order valence-electron chi connectivity index (χ0n) is 9.98. The highest BCUT2D eigenvalue weighted by atomic mass is 19.3. The molecule has 2 aromatic heterocycles. The van der Waals surface area contributed by atoms with E-state index >= 15 is 0 Å². The Labute approximate surface area is 102 Å². The molecule has 0 fully saturated rings. The van der Waals surface area contributed by atoms with E-state index in [-0.39, 0.29) is 12.3 Å². The Bertz CT molecular complexity index is 593. The van der Waals surface area contributed by atoms with E-state index in [2.05, 4.69) is 4.98 Å². The SMILES string of the molecule is CCOC(=O)c1c(C(F)F)nc2c(C)cccn12. The van der Waals surface area contributed by atoms with Crippen molar-refractivity contribution in [3.63, 3.8) is 0 Å². The summed E-state index contributed by atoms with van der Waals surface area (Å²) in [5.41, 5.74) is 0.319. The summed E-state index contributed by atoms with van der Waals surface area (Å²) in [4.78, 5) is 15.6. The molecule has 0 N–H and O–H groups in total. The van der Waals surface area contributed by atoms with Crippen molar-refractivity contribution >= 4 is 11.6 Å². The summed E-state index contributed by atoms with van der Waals surface area (Å²) in [7, 11) is 0. The Hall–Kier alpha value is -1.98. The smallest absolute Gasteiger partial charge is 0.357 e. The largest absolute Gasteiger partial charge is 0.461 e. The van der Waals surface area contributed by atoms with Crippen LogP contribution in [0.25, 0.3) is 5.65 Å². The fraction of sp³-hybridized carbons (Fsp3) is 0.333. The molecule has 18 heavy (non-hydrogen) atoms. The minimum Gasteiger partial charge on any atom is -0.461 e. The number of pyridine rings is 1. The van der Waals surface area contributed by atoms with Crippen LogP contribution in [0.2, 0.25) is 0 Å². The lowest BCUT2D eigenvalue weighted by atomic mass is 10.3. The number of carbonyl (C=O) groups excluding carboxylic acids is 1. The second-order valence-corrected chi connectivity index (χ2v) is 3.75. The first-order valence-corrected chi connectivity index (χ1v) is 5.49. The maximum absolute atomic E-state index is 12.9. The van der Waals surface area contributed by atoms with E-state index in [0.29, 0.717) is 5.65 Å².